The summed E-state index contributed by atoms with van der Waals surface area (Å²) in [6.45, 7) is 4.45. The Morgan fingerprint density at radius 1 is 1.04 bits per heavy atom. The summed E-state index contributed by atoms with van der Waals surface area (Å²) in [5.74, 6) is 1.93. The average molecular weight is 348 g/mol. The normalized spacial score (nSPS) is 10.2. The first-order valence-corrected chi connectivity index (χ1v) is 8.38. The number of ether oxygens (including phenoxy) is 2. The lowest BCUT2D eigenvalue weighted by atomic mass is 10.1. The van der Waals surface area contributed by atoms with Gasteiger partial charge in [0, 0.05) is 29.7 Å². The molecule has 0 aliphatic rings. The van der Waals surface area contributed by atoms with Gasteiger partial charge in [-0.05, 0) is 61.9 Å². The SMILES string of the molecule is CCOc1ccc(C(=O)Nc2cccc(Oc3ccncc3)c2)cc1C. The van der Waals surface area contributed by atoms with Gasteiger partial charge in [0.1, 0.15) is 17.2 Å². The second kappa shape index (κ2) is 8.16. The Hall–Kier alpha value is -3.34. The Bertz CT molecular complexity index is 895. The predicted molar refractivity (Wildman–Crippen MR) is 101 cm³/mol. The van der Waals surface area contributed by atoms with Crippen LogP contribution in [0.5, 0.6) is 17.2 Å². The third-order valence-electron chi connectivity index (χ3n) is 3.71. The van der Waals surface area contributed by atoms with Gasteiger partial charge in [-0.15, -0.1) is 0 Å². The number of aryl methyl sites for hydroxylation is 1. The van der Waals surface area contributed by atoms with Crippen molar-refractivity contribution in [2.75, 3.05) is 11.9 Å². The molecule has 132 valence electrons. The summed E-state index contributed by atoms with van der Waals surface area (Å²) in [5, 5.41) is 2.89. The molecule has 0 spiro atoms. The molecular weight excluding hydrogens is 328 g/mol. The zero-order valence-electron chi connectivity index (χ0n) is 14.7. The molecule has 3 aromatic rings. The number of nitrogens with one attached hydrogen (secondary N) is 1. The second-order valence-electron chi connectivity index (χ2n) is 5.68. The molecule has 0 radical (unpaired) electrons. The molecule has 0 atom stereocenters. The van der Waals surface area contributed by atoms with Crippen LogP contribution in [0.3, 0.4) is 0 Å². The molecule has 0 aliphatic heterocycles. The molecule has 0 bridgehead atoms. The van der Waals surface area contributed by atoms with E-state index in [2.05, 4.69) is 10.3 Å². The van der Waals surface area contributed by atoms with Crippen molar-refractivity contribution < 1.29 is 14.3 Å². The number of anilines is 1. The molecule has 0 aliphatic carbocycles. The van der Waals surface area contributed by atoms with E-state index in [1.165, 1.54) is 0 Å². The molecule has 0 saturated carbocycles. The third kappa shape index (κ3) is 4.39. The molecule has 1 amide bonds. The van der Waals surface area contributed by atoms with Crippen LogP contribution in [0.2, 0.25) is 0 Å². The van der Waals surface area contributed by atoms with E-state index >= 15 is 0 Å². The van der Waals surface area contributed by atoms with E-state index in [0.717, 1.165) is 11.3 Å². The summed E-state index contributed by atoms with van der Waals surface area (Å²) >= 11 is 0. The minimum absolute atomic E-state index is 0.183. The van der Waals surface area contributed by atoms with Crippen molar-refractivity contribution in [3.8, 4) is 17.2 Å². The van der Waals surface area contributed by atoms with E-state index in [9.17, 15) is 4.79 Å². The summed E-state index contributed by atoms with van der Waals surface area (Å²) in [7, 11) is 0. The lowest BCUT2D eigenvalue weighted by molar-refractivity contribution is 0.102. The molecule has 26 heavy (non-hydrogen) atoms. The van der Waals surface area contributed by atoms with Crippen LogP contribution in [0.15, 0.2) is 67.0 Å². The van der Waals surface area contributed by atoms with E-state index in [-0.39, 0.29) is 5.91 Å². The number of carbonyl (C=O) groups excluding carboxylic acids is 1. The van der Waals surface area contributed by atoms with Gasteiger partial charge in [-0.3, -0.25) is 9.78 Å². The Balaban J connectivity index is 1.71. The summed E-state index contributed by atoms with van der Waals surface area (Å²) in [5.41, 5.74) is 2.16. The first-order valence-electron chi connectivity index (χ1n) is 8.38. The molecule has 2 aromatic carbocycles. The van der Waals surface area contributed by atoms with Crippen molar-refractivity contribution >= 4 is 11.6 Å². The van der Waals surface area contributed by atoms with Gasteiger partial charge in [-0.2, -0.15) is 0 Å². The fourth-order valence-electron chi connectivity index (χ4n) is 2.49. The molecule has 3 rings (SSSR count). The first-order chi connectivity index (χ1) is 12.7. The summed E-state index contributed by atoms with van der Waals surface area (Å²) in [6, 6.07) is 16.2. The smallest absolute Gasteiger partial charge is 0.255 e. The molecule has 1 heterocycles. The highest BCUT2D eigenvalue weighted by molar-refractivity contribution is 6.04. The highest BCUT2D eigenvalue weighted by atomic mass is 16.5. The number of carbonyl (C=O) groups is 1. The monoisotopic (exact) mass is 348 g/mol. The van der Waals surface area contributed by atoms with Crippen LogP contribution in [0.1, 0.15) is 22.8 Å². The number of benzene rings is 2. The number of aromatic nitrogens is 1. The Morgan fingerprint density at radius 2 is 1.85 bits per heavy atom. The fourth-order valence-corrected chi connectivity index (χ4v) is 2.49. The maximum Gasteiger partial charge on any atom is 0.255 e. The number of pyridine rings is 1. The van der Waals surface area contributed by atoms with Gasteiger partial charge in [-0.1, -0.05) is 6.07 Å². The van der Waals surface area contributed by atoms with Gasteiger partial charge in [-0.25, -0.2) is 0 Å². The minimum Gasteiger partial charge on any atom is -0.494 e. The van der Waals surface area contributed by atoms with Crippen LogP contribution in [0, 0.1) is 6.92 Å². The van der Waals surface area contributed by atoms with E-state index in [1.54, 1.807) is 36.7 Å². The maximum absolute atomic E-state index is 12.5. The molecule has 5 heteroatoms. The largest absolute Gasteiger partial charge is 0.494 e. The number of amides is 1. The van der Waals surface area contributed by atoms with Gasteiger partial charge in [0.05, 0.1) is 6.61 Å². The van der Waals surface area contributed by atoms with E-state index in [0.29, 0.717) is 29.4 Å². The number of hydrogen-bond acceptors (Lipinski definition) is 4. The van der Waals surface area contributed by atoms with Crippen LogP contribution >= 0.6 is 0 Å². The molecule has 0 unspecified atom stereocenters. The third-order valence-corrected chi connectivity index (χ3v) is 3.71. The molecule has 1 aromatic heterocycles. The van der Waals surface area contributed by atoms with Gasteiger partial charge >= 0.3 is 0 Å². The highest BCUT2D eigenvalue weighted by Crippen LogP contribution is 2.24. The fraction of sp³-hybridized carbons (Fsp3) is 0.143. The molecular formula is C21H20N2O3. The molecule has 1 N–H and O–H groups in total. The van der Waals surface area contributed by atoms with E-state index in [1.807, 2.05) is 44.2 Å². The number of rotatable bonds is 6. The van der Waals surface area contributed by atoms with Crippen LogP contribution in [0.25, 0.3) is 0 Å². The quantitative estimate of drug-likeness (QED) is 0.693. The summed E-state index contributed by atoms with van der Waals surface area (Å²) in [6.07, 6.45) is 3.32. The van der Waals surface area contributed by atoms with Crippen molar-refractivity contribution in [3.05, 3.63) is 78.1 Å². The lowest BCUT2D eigenvalue weighted by Gasteiger charge is -2.11. The van der Waals surface area contributed by atoms with Crippen LogP contribution < -0.4 is 14.8 Å². The van der Waals surface area contributed by atoms with Crippen molar-refractivity contribution in [1.82, 2.24) is 4.98 Å². The molecule has 5 nitrogen and oxygen atoms in total. The second-order valence-corrected chi connectivity index (χ2v) is 5.68. The predicted octanol–water partition coefficient (Wildman–Crippen LogP) is 4.83. The highest BCUT2D eigenvalue weighted by Gasteiger charge is 2.09. The average Bonchev–Trinajstić information content (AvgIpc) is 2.64. The molecule has 0 saturated heterocycles. The minimum atomic E-state index is -0.183. The Morgan fingerprint density at radius 3 is 2.58 bits per heavy atom. The Kier molecular flexibility index (Phi) is 5.49. The van der Waals surface area contributed by atoms with Crippen LogP contribution in [-0.2, 0) is 0 Å². The van der Waals surface area contributed by atoms with Gasteiger partial charge in [0.15, 0.2) is 0 Å². The number of nitrogens with zero attached hydrogens (tertiary/aromatic N) is 1. The standard InChI is InChI=1S/C21H20N2O3/c1-3-25-20-8-7-16(13-15(20)2)21(24)23-17-5-4-6-19(14-17)26-18-9-11-22-12-10-18/h4-14H,3H2,1-2H3,(H,23,24). The van der Waals surface area contributed by atoms with Crippen LogP contribution in [-0.4, -0.2) is 17.5 Å². The topological polar surface area (TPSA) is 60.5 Å². The van der Waals surface area contributed by atoms with Crippen molar-refractivity contribution in [2.45, 2.75) is 13.8 Å². The van der Waals surface area contributed by atoms with E-state index in [4.69, 9.17) is 9.47 Å². The number of hydrogen-bond donors (Lipinski definition) is 1. The zero-order valence-corrected chi connectivity index (χ0v) is 14.7. The van der Waals surface area contributed by atoms with Gasteiger partial charge < -0.3 is 14.8 Å². The van der Waals surface area contributed by atoms with Crippen molar-refractivity contribution in [3.63, 3.8) is 0 Å². The lowest BCUT2D eigenvalue weighted by Crippen LogP contribution is -2.12. The van der Waals surface area contributed by atoms with Gasteiger partial charge in [0.25, 0.3) is 5.91 Å². The summed E-state index contributed by atoms with van der Waals surface area (Å²) in [4.78, 5) is 16.5. The van der Waals surface area contributed by atoms with Crippen molar-refractivity contribution in [2.24, 2.45) is 0 Å². The van der Waals surface area contributed by atoms with Crippen molar-refractivity contribution in [1.29, 1.82) is 0 Å². The maximum atomic E-state index is 12.5. The van der Waals surface area contributed by atoms with Gasteiger partial charge in [0.2, 0.25) is 0 Å². The molecule has 0 fully saturated rings. The van der Waals surface area contributed by atoms with E-state index < -0.39 is 0 Å². The Labute approximate surface area is 152 Å². The first kappa shape index (κ1) is 17.5. The van der Waals surface area contributed by atoms with Crippen LogP contribution in [0.4, 0.5) is 5.69 Å². The zero-order chi connectivity index (χ0) is 18.4. The summed E-state index contributed by atoms with van der Waals surface area (Å²) < 4.78 is 11.3.